The van der Waals surface area contributed by atoms with Gasteiger partial charge in [0.15, 0.2) is 0 Å². The van der Waals surface area contributed by atoms with Gasteiger partial charge >= 0.3 is 0 Å². The summed E-state index contributed by atoms with van der Waals surface area (Å²) in [6, 6.07) is 6.35. The van der Waals surface area contributed by atoms with Gasteiger partial charge in [0.1, 0.15) is 0 Å². The number of likely N-dealkylation sites (N-methyl/N-ethyl adjacent to an activating group) is 1. The number of rotatable bonds is 5. The molecule has 0 radical (unpaired) electrons. The lowest BCUT2D eigenvalue weighted by molar-refractivity contribution is -0.132. The number of nitrogens with one attached hydrogen (secondary N) is 1. The number of hydrogen-bond acceptors (Lipinski definition) is 4. The van der Waals surface area contributed by atoms with E-state index in [-0.39, 0.29) is 29.8 Å². The minimum absolute atomic E-state index is 0. The number of piperidine rings is 1. The van der Waals surface area contributed by atoms with Crippen LogP contribution in [-0.4, -0.2) is 63.3 Å². The zero-order valence-electron chi connectivity index (χ0n) is 13.7. The zero-order valence-corrected chi connectivity index (χ0v) is 16.1. The molecule has 0 aromatic heterocycles. The molecule has 1 aromatic rings. The summed E-state index contributed by atoms with van der Waals surface area (Å²) in [5.74, 6) is -0.167. The fraction of sp³-hybridized carbons (Fsp3) is 0.533. The maximum Gasteiger partial charge on any atom is 0.243 e. The summed E-state index contributed by atoms with van der Waals surface area (Å²) in [4.78, 5) is 14.2. The number of nitrogens with zero attached hydrogens (tertiary/aromatic N) is 2. The van der Waals surface area contributed by atoms with Gasteiger partial charge in [-0.15, -0.1) is 12.4 Å². The Morgan fingerprint density at radius 1 is 1.29 bits per heavy atom. The first-order valence-electron chi connectivity index (χ1n) is 7.51. The molecule has 1 aliphatic rings. The van der Waals surface area contributed by atoms with Crippen molar-refractivity contribution in [3.8, 4) is 0 Å². The van der Waals surface area contributed by atoms with Crippen LogP contribution in [0.15, 0.2) is 29.2 Å². The lowest BCUT2D eigenvalue weighted by Crippen LogP contribution is -2.47. The number of hydrogen-bond donors (Lipinski definition) is 1. The summed E-state index contributed by atoms with van der Waals surface area (Å²) < 4.78 is 26.0. The molecule has 6 nitrogen and oxygen atoms in total. The molecule has 1 N–H and O–H groups in total. The molecule has 1 saturated heterocycles. The number of carbonyl (C=O) groups is 1. The Bertz CT molecular complexity index is 644. The maximum atomic E-state index is 12.5. The smallest absolute Gasteiger partial charge is 0.243 e. The van der Waals surface area contributed by atoms with E-state index in [2.05, 4.69) is 5.32 Å². The molecule has 0 spiro atoms. The lowest BCUT2D eigenvalue weighted by atomic mass is 10.1. The highest BCUT2D eigenvalue weighted by atomic mass is 35.5. The fourth-order valence-corrected chi connectivity index (χ4v) is 3.83. The molecule has 1 fully saturated rings. The standard InChI is InChI=1S/C15H22ClN3O3S.ClH/c1-17-13-7-9-19(10-8-13)15(20)11-18(2)23(21,22)14-5-3-12(16)4-6-14;/h3-6,13,17H,7-11H2,1-2H3;1H. The average molecular weight is 396 g/mol. The Morgan fingerprint density at radius 2 is 1.83 bits per heavy atom. The highest BCUT2D eigenvalue weighted by Gasteiger charge is 2.27. The highest BCUT2D eigenvalue weighted by molar-refractivity contribution is 7.89. The topological polar surface area (TPSA) is 69.7 Å². The van der Waals surface area contributed by atoms with E-state index in [0.29, 0.717) is 24.2 Å². The monoisotopic (exact) mass is 395 g/mol. The van der Waals surface area contributed by atoms with Crippen LogP contribution in [-0.2, 0) is 14.8 Å². The van der Waals surface area contributed by atoms with Crippen molar-refractivity contribution in [1.29, 1.82) is 0 Å². The average Bonchev–Trinajstić information content (AvgIpc) is 2.55. The Labute approximate surface area is 154 Å². The normalized spacial score (nSPS) is 16.1. The predicted octanol–water partition coefficient (Wildman–Crippen LogP) is 1.59. The molecule has 1 amide bonds. The highest BCUT2D eigenvalue weighted by Crippen LogP contribution is 2.18. The Balaban J connectivity index is 0.00000288. The molecule has 1 aromatic carbocycles. The van der Waals surface area contributed by atoms with E-state index in [4.69, 9.17) is 11.6 Å². The van der Waals surface area contributed by atoms with E-state index in [1.807, 2.05) is 7.05 Å². The first-order valence-corrected chi connectivity index (χ1v) is 9.33. The number of likely N-dealkylation sites (tertiary alicyclic amines) is 1. The van der Waals surface area contributed by atoms with E-state index >= 15 is 0 Å². The van der Waals surface area contributed by atoms with Crippen molar-refractivity contribution < 1.29 is 13.2 Å². The van der Waals surface area contributed by atoms with Crippen molar-refractivity contribution >= 4 is 39.9 Å². The first-order chi connectivity index (χ1) is 10.8. The van der Waals surface area contributed by atoms with Gasteiger partial charge in [0.25, 0.3) is 0 Å². The van der Waals surface area contributed by atoms with Crippen LogP contribution in [0.2, 0.25) is 5.02 Å². The molecular formula is C15H23Cl2N3O3S. The number of carbonyl (C=O) groups excluding carboxylic acids is 1. The maximum absolute atomic E-state index is 12.5. The van der Waals surface area contributed by atoms with E-state index in [1.54, 1.807) is 4.90 Å². The molecule has 0 bridgehead atoms. The second kappa shape index (κ2) is 9.01. The third-order valence-electron chi connectivity index (χ3n) is 4.14. The summed E-state index contributed by atoms with van der Waals surface area (Å²) in [5, 5.41) is 3.67. The molecule has 9 heteroatoms. The molecule has 24 heavy (non-hydrogen) atoms. The van der Waals surface area contributed by atoms with Gasteiger partial charge in [-0.2, -0.15) is 4.31 Å². The van der Waals surface area contributed by atoms with Crippen molar-refractivity contribution in [2.24, 2.45) is 0 Å². The van der Waals surface area contributed by atoms with Crippen LogP contribution in [0.1, 0.15) is 12.8 Å². The van der Waals surface area contributed by atoms with Crippen LogP contribution >= 0.6 is 24.0 Å². The largest absolute Gasteiger partial charge is 0.341 e. The van der Waals surface area contributed by atoms with E-state index in [9.17, 15) is 13.2 Å². The van der Waals surface area contributed by atoms with Gasteiger partial charge in [0.05, 0.1) is 11.4 Å². The van der Waals surface area contributed by atoms with Gasteiger partial charge in [-0.25, -0.2) is 8.42 Å². The Kier molecular flexibility index (Phi) is 7.95. The molecule has 1 heterocycles. The van der Waals surface area contributed by atoms with Crippen LogP contribution in [0.5, 0.6) is 0 Å². The third-order valence-corrected chi connectivity index (χ3v) is 6.21. The molecule has 0 saturated carbocycles. The minimum Gasteiger partial charge on any atom is -0.341 e. The number of halogens is 2. The Hall–Kier alpha value is -0.860. The first kappa shape index (κ1) is 21.2. The van der Waals surface area contributed by atoms with Crippen molar-refractivity contribution in [2.75, 3.05) is 33.7 Å². The number of benzene rings is 1. The number of sulfonamides is 1. The van der Waals surface area contributed by atoms with Gasteiger partial charge in [0.2, 0.25) is 15.9 Å². The molecule has 0 unspecified atom stereocenters. The minimum atomic E-state index is -3.69. The molecule has 136 valence electrons. The van der Waals surface area contributed by atoms with Gasteiger partial charge in [-0.05, 0) is 44.2 Å². The fourth-order valence-electron chi connectivity index (χ4n) is 2.58. The van der Waals surface area contributed by atoms with Crippen molar-refractivity contribution in [2.45, 2.75) is 23.8 Å². The van der Waals surface area contributed by atoms with Gasteiger partial charge in [-0.3, -0.25) is 4.79 Å². The summed E-state index contributed by atoms with van der Waals surface area (Å²) in [5.41, 5.74) is 0. The van der Waals surface area contributed by atoms with Crippen molar-refractivity contribution in [3.05, 3.63) is 29.3 Å². The van der Waals surface area contributed by atoms with Gasteiger partial charge < -0.3 is 10.2 Å². The molecule has 1 aliphatic heterocycles. The molecule has 0 aliphatic carbocycles. The number of amides is 1. The van der Waals surface area contributed by atoms with Crippen molar-refractivity contribution in [3.63, 3.8) is 0 Å². The second-order valence-electron chi connectivity index (χ2n) is 5.66. The Morgan fingerprint density at radius 3 is 2.33 bits per heavy atom. The van der Waals surface area contributed by atoms with Gasteiger partial charge in [-0.1, -0.05) is 11.6 Å². The third kappa shape index (κ3) is 5.07. The molecular weight excluding hydrogens is 373 g/mol. The lowest BCUT2D eigenvalue weighted by Gasteiger charge is -2.32. The van der Waals surface area contributed by atoms with Crippen molar-refractivity contribution in [1.82, 2.24) is 14.5 Å². The summed E-state index contributed by atoms with van der Waals surface area (Å²) in [6.45, 7) is 1.15. The van der Waals surface area contributed by atoms with E-state index in [1.165, 1.54) is 31.3 Å². The predicted molar refractivity (Wildman–Crippen MR) is 97.2 cm³/mol. The van der Waals surface area contributed by atoms with Crippen LogP contribution in [0.4, 0.5) is 0 Å². The van der Waals surface area contributed by atoms with Crippen LogP contribution < -0.4 is 5.32 Å². The van der Waals surface area contributed by atoms with E-state index < -0.39 is 10.0 Å². The molecule has 0 atom stereocenters. The van der Waals surface area contributed by atoms with Crippen LogP contribution in [0.25, 0.3) is 0 Å². The van der Waals surface area contributed by atoms with Crippen LogP contribution in [0, 0.1) is 0 Å². The summed E-state index contributed by atoms with van der Waals surface area (Å²) >= 11 is 5.78. The van der Waals surface area contributed by atoms with Crippen LogP contribution in [0.3, 0.4) is 0 Å². The molecule has 2 rings (SSSR count). The second-order valence-corrected chi connectivity index (χ2v) is 8.14. The zero-order chi connectivity index (χ0) is 17.0. The SMILES string of the molecule is CNC1CCN(C(=O)CN(C)S(=O)(=O)c2ccc(Cl)cc2)CC1.Cl. The quantitative estimate of drug-likeness (QED) is 0.821. The van der Waals surface area contributed by atoms with Gasteiger partial charge in [0, 0.05) is 31.2 Å². The summed E-state index contributed by atoms with van der Waals surface area (Å²) in [7, 11) is -0.360. The van der Waals surface area contributed by atoms with E-state index in [0.717, 1.165) is 17.1 Å². The summed E-state index contributed by atoms with van der Waals surface area (Å²) in [6.07, 6.45) is 1.77.